The number of rotatable bonds is 6. The monoisotopic (exact) mass is 363 g/mol. The lowest BCUT2D eigenvalue weighted by Gasteiger charge is -2.53. The summed E-state index contributed by atoms with van der Waals surface area (Å²) in [5.74, 6) is 1.37. The highest BCUT2D eigenvalue weighted by Gasteiger charge is 2.53. The largest absolute Gasteiger partial charge is 0.495 e. The summed E-state index contributed by atoms with van der Waals surface area (Å²) in [7, 11) is 3.25. The molecule has 0 aromatic heterocycles. The number of carbonyl (C=O) groups is 1. The fourth-order valence-corrected chi connectivity index (χ4v) is 3.95. The van der Waals surface area contributed by atoms with Crippen molar-refractivity contribution >= 4 is 17.5 Å². The van der Waals surface area contributed by atoms with Gasteiger partial charge in [0.15, 0.2) is 0 Å². The molecule has 7 heteroatoms. The number of nitrogens with two attached hydrogens (primary N) is 1. The molecule has 0 atom stereocenters. The third kappa shape index (κ3) is 3.22. The lowest BCUT2D eigenvalue weighted by atomic mass is 9.87. The van der Waals surface area contributed by atoms with E-state index in [0.717, 1.165) is 43.7 Å². The van der Waals surface area contributed by atoms with Crippen LogP contribution in [0.15, 0.2) is 12.1 Å². The first-order valence-corrected chi connectivity index (χ1v) is 9.25. The second-order valence-electron chi connectivity index (χ2n) is 7.07. The van der Waals surface area contributed by atoms with Crippen LogP contribution in [0, 0.1) is 0 Å². The molecule has 7 nitrogen and oxygen atoms in total. The Kier molecular flexibility index (Phi) is 5.34. The van der Waals surface area contributed by atoms with Crippen LogP contribution in [-0.4, -0.2) is 57.0 Å². The van der Waals surface area contributed by atoms with Crippen LogP contribution < -0.4 is 20.1 Å². The number of likely N-dealkylation sites (tertiary alicyclic amines) is 1. The third-order valence-corrected chi connectivity index (χ3v) is 5.37. The molecule has 2 aliphatic rings. The zero-order chi connectivity index (χ0) is 18.7. The van der Waals surface area contributed by atoms with Crippen molar-refractivity contribution in [3.63, 3.8) is 0 Å². The lowest BCUT2D eigenvalue weighted by molar-refractivity contribution is 0.0411. The molecule has 2 aliphatic heterocycles. The average molecular weight is 363 g/mol. The van der Waals surface area contributed by atoms with E-state index < -0.39 is 0 Å². The van der Waals surface area contributed by atoms with Crippen LogP contribution in [0.2, 0.25) is 0 Å². The van der Waals surface area contributed by atoms with Gasteiger partial charge in [-0.05, 0) is 19.3 Å². The number of unbranched alkanes of at least 4 members (excludes halogenated alkanes) is 1. The summed E-state index contributed by atoms with van der Waals surface area (Å²) >= 11 is 0. The summed E-state index contributed by atoms with van der Waals surface area (Å²) in [5, 5.41) is 0. The van der Waals surface area contributed by atoms with E-state index in [1.807, 2.05) is 6.07 Å². The number of nitrogen functional groups attached to an aromatic ring is 1. The van der Waals surface area contributed by atoms with E-state index >= 15 is 0 Å². The van der Waals surface area contributed by atoms with Crippen LogP contribution in [0.4, 0.5) is 16.2 Å². The lowest BCUT2D eigenvalue weighted by Crippen LogP contribution is -2.69. The molecule has 144 valence electrons. The molecular formula is C19H29N3O4. The SMILES string of the molecule is CCCCOC(=O)N1CC2(CCCN2c2cc(OC)c(N)cc2OC)C1. The Labute approximate surface area is 155 Å². The van der Waals surface area contributed by atoms with Crippen LogP contribution in [0.1, 0.15) is 32.6 Å². The van der Waals surface area contributed by atoms with E-state index in [4.69, 9.17) is 19.9 Å². The maximum Gasteiger partial charge on any atom is 0.409 e. The Hall–Kier alpha value is -2.31. The van der Waals surface area contributed by atoms with E-state index in [9.17, 15) is 4.79 Å². The maximum absolute atomic E-state index is 12.2. The van der Waals surface area contributed by atoms with Gasteiger partial charge < -0.3 is 29.7 Å². The number of hydrogen-bond donors (Lipinski definition) is 1. The first-order chi connectivity index (χ1) is 12.5. The van der Waals surface area contributed by atoms with Crippen molar-refractivity contribution in [1.82, 2.24) is 4.90 Å². The van der Waals surface area contributed by atoms with Crippen molar-refractivity contribution in [3.8, 4) is 11.5 Å². The quantitative estimate of drug-likeness (QED) is 0.619. The van der Waals surface area contributed by atoms with Gasteiger partial charge in [-0.3, -0.25) is 0 Å². The highest BCUT2D eigenvalue weighted by atomic mass is 16.6. The molecule has 0 radical (unpaired) electrons. The topological polar surface area (TPSA) is 77.3 Å². The van der Waals surface area contributed by atoms with Crippen molar-refractivity contribution in [2.24, 2.45) is 0 Å². The van der Waals surface area contributed by atoms with Gasteiger partial charge >= 0.3 is 6.09 Å². The predicted molar refractivity (Wildman–Crippen MR) is 101 cm³/mol. The zero-order valence-corrected chi connectivity index (χ0v) is 15.9. The number of benzene rings is 1. The van der Waals surface area contributed by atoms with Gasteiger partial charge in [-0.25, -0.2) is 4.79 Å². The highest BCUT2D eigenvalue weighted by molar-refractivity contribution is 5.74. The summed E-state index contributed by atoms with van der Waals surface area (Å²) in [6, 6.07) is 3.74. The molecule has 1 aromatic rings. The van der Waals surface area contributed by atoms with Crippen LogP contribution in [0.5, 0.6) is 11.5 Å². The number of hydrogen-bond acceptors (Lipinski definition) is 6. The molecule has 0 aliphatic carbocycles. The zero-order valence-electron chi connectivity index (χ0n) is 15.9. The van der Waals surface area contributed by atoms with Crippen LogP contribution >= 0.6 is 0 Å². The minimum Gasteiger partial charge on any atom is -0.495 e. The molecule has 2 N–H and O–H groups in total. The maximum atomic E-state index is 12.2. The van der Waals surface area contributed by atoms with Gasteiger partial charge in [0.1, 0.15) is 11.5 Å². The minimum absolute atomic E-state index is 0.0574. The first kappa shape index (κ1) is 18.5. The summed E-state index contributed by atoms with van der Waals surface area (Å²) < 4.78 is 16.3. The van der Waals surface area contributed by atoms with Gasteiger partial charge in [-0.1, -0.05) is 13.3 Å². The van der Waals surface area contributed by atoms with Crippen molar-refractivity contribution < 1.29 is 19.0 Å². The molecule has 2 fully saturated rings. The molecule has 3 rings (SSSR count). The molecule has 2 saturated heterocycles. The Morgan fingerprint density at radius 3 is 2.62 bits per heavy atom. The summed E-state index contributed by atoms with van der Waals surface area (Å²) in [6.45, 7) is 4.84. The first-order valence-electron chi connectivity index (χ1n) is 9.25. The molecule has 0 saturated carbocycles. The molecular weight excluding hydrogens is 334 g/mol. The summed E-state index contributed by atoms with van der Waals surface area (Å²) in [6.07, 6.45) is 3.83. The second kappa shape index (κ2) is 7.51. The van der Waals surface area contributed by atoms with Crippen molar-refractivity contribution in [1.29, 1.82) is 0 Å². The standard InChI is InChI=1S/C19H29N3O4/c1-4-5-9-26-18(23)21-12-19(13-21)7-6-8-22(19)15-11-16(24-2)14(20)10-17(15)25-3/h10-11H,4-9,12-13,20H2,1-3H3. The fraction of sp³-hybridized carbons (Fsp3) is 0.632. The molecule has 2 heterocycles. The number of carbonyl (C=O) groups excluding carboxylic acids is 1. The number of nitrogens with zero attached hydrogens (tertiary/aromatic N) is 2. The van der Waals surface area contributed by atoms with Gasteiger partial charge in [0.2, 0.25) is 0 Å². The summed E-state index contributed by atoms with van der Waals surface area (Å²) in [4.78, 5) is 16.3. The normalized spacial score (nSPS) is 18.0. The van der Waals surface area contributed by atoms with E-state index in [1.54, 1.807) is 25.2 Å². The van der Waals surface area contributed by atoms with Gasteiger partial charge in [0, 0.05) is 31.8 Å². The fourth-order valence-electron chi connectivity index (χ4n) is 3.95. The Morgan fingerprint density at radius 2 is 1.96 bits per heavy atom. The molecule has 0 bridgehead atoms. The van der Waals surface area contributed by atoms with E-state index in [-0.39, 0.29) is 11.6 Å². The Morgan fingerprint density at radius 1 is 1.23 bits per heavy atom. The minimum atomic E-state index is -0.210. The van der Waals surface area contributed by atoms with E-state index in [2.05, 4.69) is 11.8 Å². The van der Waals surface area contributed by atoms with Crippen molar-refractivity contribution in [2.75, 3.05) is 51.1 Å². The Bertz CT molecular complexity index is 658. The predicted octanol–water partition coefficient (Wildman–Crippen LogP) is 2.88. The molecule has 26 heavy (non-hydrogen) atoms. The number of ether oxygens (including phenoxy) is 3. The van der Waals surface area contributed by atoms with E-state index in [1.165, 1.54) is 0 Å². The molecule has 1 amide bonds. The smallest absolute Gasteiger partial charge is 0.409 e. The molecule has 1 spiro atoms. The molecule has 1 aromatic carbocycles. The van der Waals surface area contributed by atoms with Crippen molar-refractivity contribution in [3.05, 3.63) is 12.1 Å². The number of methoxy groups -OCH3 is 2. The van der Waals surface area contributed by atoms with Gasteiger partial charge in [-0.15, -0.1) is 0 Å². The van der Waals surface area contributed by atoms with Gasteiger partial charge in [-0.2, -0.15) is 0 Å². The Balaban J connectivity index is 1.75. The number of anilines is 2. The summed E-state index contributed by atoms with van der Waals surface area (Å²) in [5.41, 5.74) is 7.48. The third-order valence-electron chi connectivity index (χ3n) is 5.37. The van der Waals surface area contributed by atoms with Crippen LogP contribution in [0.3, 0.4) is 0 Å². The van der Waals surface area contributed by atoms with Crippen molar-refractivity contribution in [2.45, 2.75) is 38.1 Å². The van der Waals surface area contributed by atoms with Gasteiger partial charge in [0.05, 0.1) is 37.7 Å². The second-order valence-corrected chi connectivity index (χ2v) is 7.07. The highest BCUT2D eigenvalue weighted by Crippen LogP contribution is 2.46. The van der Waals surface area contributed by atoms with Crippen LogP contribution in [-0.2, 0) is 4.74 Å². The van der Waals surface area contributed by atoms with Gasteiger partial charge in [0.25, 0.3) is 0 Å². The number of amides is 1. The van der Waals surface area contributed by atoms with Crippen LogP contribution in [0.25, 0.3) is 0 Å². The average Bonchev–Trinajstić information content (AvgIpc) is 3.05. The molecule has 0 unspecified atom stereocenters. The van der Waals surface area contributed by atoms with E-state index in [0.29, 0.717) is 31.1 Å².